The SMILES string of the molecule is C=C(C)c1ccc2[nH]c(=O)sc2c1. The molecule has 0 saturated carbocycles. The van der Waals surface area contributed by atoms with Crippen LogP contribution >= 0.6 is 11.3 Å². The number of aromatic nitrogens is 1. The predicted octanol–water partition coefficient (Wildman–Crippen LogP) is 2.62. The second kappa shape index (κ2) is 2.85. The van der Waals surface area contributed by atoms with E-state index in [0.717, 1.165) is 21.4 Å². The Morgan fingerprint density at radius 1 is 1.54 bits per heavy atom. The maximum atomic E-state index is 11.0. The minimum atomic E-state index is -0.00568. The molecule has 1 aromatic carbocycles. The molecule has 0 bridgehead atoms. The van der Waals surface area contributed by atoms with Gasteiger partial charge in [0.1, 0.15) is 0 Å². The Morgan fingerprint density at radius 3 is 3.00 bits per heavy atom. The van der Waals surface area contributed by atoms with Gasteiger partial charge in [0.2, 0.25) is 0 Å². The fourth-order valence-corrected chi connectivity index (χ4v) is 1.99. The Labute approximate surface area is 79.5 Å². The largest absolute Gasteiger partial charge is 0.312 e. The summed E-state index contributed by atoms with van der Waals surface area (Å²) in [4.78, 5) is 13.8. The standard InChI is InChI=1S/C10H9NOS/c1-6(2)7-3-4-8-9(5-7)13-10(12)11-8/h3-5H,1H2,2H3,(H,11,12). The smallest absolute Gasteiger partial charge is 0.305 e. The lowest BCUT2D eigenvalue weighted by Gasteiger charge is -1.97. The third kappa shape index (κ3) is 1.42. The first kappa shape index (κ1) is 8.26. The van der Waals surface area contributed by atoms with Gasteiger partial charge in [0, 0.05) is 0 Å². The minimum Gasteiger partial charge on any atom is -0.312 e. The Bertz CT molecular complexity index is 521. The molecule has 0 aliphatic rings. The fourth-order valence-electron chi connectivity index (χ4n) is 1.21. The number of rotatable bonds is 1. The van der Waals surface area contributed by atoms with E-state index in [0.29, 0.717) is 0 Å². The van der Waals surface area contributed by atoms with Crippen LogP contribution in [0.25, 0.3) is 15.8 Å². The van der Waals surface area contributed by atoms with Gasteiger partial charge in [-0.15, -0.1) is 0 Å². The first-order valence-electron chi connectivity index (χ1n) is 3.95. The van der Waals surface area contributed by atoms with Gasteiger partial charge in [0.25, 0.3) is 0 Å². The van der Waals surface area contributed by atoms with Crippen LogP contribution in [0.1, 0.15) is 12.5 Å². The van der Waals surface area contributed by atoms with Crippen LogP contribution in [0.4, 0.5) is 0 Å². The highest BCUT2D eigenvalue weighted by Crippen LogP contribution is 2.20. The molecule has 13 heavy (non-hydrogen) atoms. The Hall–Kier alpha value is -1.35. The number of hydrogen-bond acceptors (Lipinski definition) is 2. The quantitative estimate of drug-likeness (QED) is 0.738. The van der Waals surface area contributed by atoms with Crippen LogP contribution in [0.3, 0.4) is 0 Å². The average molecular weight is 191 g/mol. The molecule has 0 aliphatic heterocycles. The minimum absolute atomic E-state index is 0.00568. The highest BCUT2D eigenvalue weighted by atomic mass is 32.1. The molecule has 3 heteroatoms. The summed E-state index contributed by atoms with van der Waals surface area (Å²) in [6.07, 6.45) is 0. The van der Waals surface area contributed by atoms with E-state index in [1.54, 1.807) is 0 Å². The zero-order valence-electron chi connectivity index (χ0n) is 7.26. The first-order valence-corrected chi connectivity index (χ1v) is 4.77. The molecule has 0 unspecified atom stereocenters. The van der Waals surface area contributed by atoms with Crippen molar-refractivity contribution >= 4 is 27.1 Å². The highest BCUT2D eigenvalue weighted by molar-refractivity contribution is 7.16. The van der Waals surface area contributed by atoms with Gasteiger partial charge >= 0.3 is 4.87 Å². The van der Waals surface area contributed by atoms with Crippen LogP contribution in [-0.4, -0.2) is 4.98 Å². The van der Waals surface area contributed by atoms with Crippen molar-refractivity contribution in [2.75, 3.05) is 0 Å². The van der Waals surface area contributed by atoms with Gasteiger partial charge in [-0.1, -0.05) is 29.6 Å². The number of fused-ring (bicyclic) bond motifs is 1. The summed E-state index contributed by atoms with van der Waals surface area (Å²) in [5, 5.41) is 0. The Morgan fingerprint density at radius 2 is 2.31 bits per heavy atom. The van der Waals surface area contributed by atoms with Crippen molar-refractivity contribution in [1.82, 2.24) is 4.98 Å². The van der Waals surface area contributed by atoms with Crippen LogP contribution in [-0.2, 0) is 0 Å². The maximum Gasteiger partial charge on any atom is 0.305 e. The summed E-state index contributed by atoms with van der Waals surface area (Å²) in [6.45, 7) is 5.81. The van der Waals surface area contributed by atoms with Crippen LogP contribution in [0.2, 0.25) is 0 Å². The molecule has 0 saturated heterocycles. The van der Waals surface area contributed by atoms with Crippen LogP contribution < -0.4 is 4.87 Å². The molecule has 0 aliphatic carbocycles. The van der Waals surface area contributed by atoms with Gasteiger partial charge in [-0.05, 0) is 24.6 Å². The summed E-state index contributed by atoms with van der Waals surface area (Å²) in [5.41, 5.74) is 3.01. The van der Waals surface area contributed by atoms with E-state index in [4.69, 9.17) is 0 Å². The van der Waals surface area contributed by atoms with Crippen LogP contribution in [0, 0.1) is 0 Å². The molecule has 2 aromatic rings. The average Bonchev–Trinajstić information content (AvgIpc) is 2.42. The summed E-state index contributed by atoms with van der Waals surface area (Å²) in [5.74, 6) is 0. The van der Waals surface area contributed by atoms with Crippen molar-refractivity contribution in [2.45, 2.75) is 6.92 Å². The number of hydrogen-bond donors (Lipinski definition) is 1. The van der Waals surface area contributed by atoms with Gasteiger partial charge in [0.05, 0.1) is 10.2 Å². The van der Waals surface area contributed by atoms with Crippen LogP contribution in [0.15, 0.2) is 29.6 Å². The fraction of sp³-hybridized carbons (Fsp3) is 0.100. The molecular weight excluding hydrogens is 182 g/mol. The Balaban J connectivity index is 2.74. The van der Waals surface area contributed by atoms with E-state index < -0.39 is 0 Å². The van der Waals surface area contributed by atoms with Crippen molar-refractivity contribution in [1.29, 1.82) is 0 Å². The zero-order valence-corrected chi connectivity index (χ0v) is 8.07. The first-order chi connectivity index (χ1) is 6.16. The van der Waals surface area contributed by atoms with Crippen LogP contribution in [0.5, 0.6) is 0 Å². The molecule has 2 nitrogen and oxygen atoms in total. The van der Waals surface area contributed by atoms with E-state index in [1.165, 1.54) is 11.3 Å². The third-order valence-corrected chi connectivity index (χ3v) is 2.76. The van der Waals surface area contributed by atoms with Crippen molar-refractivity contribution in [3.63, 3.8) is 0 Å². The van der Waals surface area contributed by atoms with Gasteiger partial charge < -0.3 is 4.98 Å². The van der Waals surface area contributed by atoms with Crippen molar-refractivity contribution in [3.05, 3.63) is 40.0 Å². The predicted molar refractivity (Wildman–Crippen MR) is 57.2 cm³/mol. The summed E-state index contributed by atoms with van der Waals surface area (Å²) >= 11 is 1.23. The van der Waals surface area contributed by atoms with E-state index in [2.05, 4.69) is 11.6 Å². The molecule has 0 radical (unpaired) electrons. The molecule has 1 N–H and O–H groups in total. The van der Waals surface area contributed by atoms with E-state index in [-0.39, 0.29) is 4.87 Å². The number of thiazole rings is 1. The van der Waals surface area contributed by atoms with E-state index in [9.17, 15) is 4.79 Å². The van der Waals surface area contributed by atoms with Gasteiger partial charge in [-0.3, -0.25) is 4.79 Å². The normalized spacial score (nSPS) is 10.5. The molecule has 0 atom stereocenters. The molecule has 2 rings (SSSR count). The number of benzene rings is 1. The van der Waals surface area contributed by atoms with Gasteiger partial charge in [-0.2, -0.15) is 0 Å². The summed E-state index contributed by atoms with van der Waals surface area (Å²) in [7, 11) is 0. The molecule has 0 fully saturated rings. The molecule has 1 heterocycles. The topological polar surface area (TPSA) is 32.9 Å². The lowest BCUT2D eigenvalue weighted by atomic mass is 10.1. The number of H-pyrrole nitrogens is 1. The Kier molecular flexibility index (Phi) is 1.81. The number of nitrogens with one attached hydrogen (secondary N) is 1. The van der Waals surface area contributed by atoms with E-state index in [1.807, 2.05) is 25.1 Å². The molecular formula is C10H9NOS. The molecule has 66 valence electrons. The lowest BCUT2D eigenvalue weighted by molar-refractivity contribution is 1.40. The lowest BCUT2D eigenvalue weighted by Crippen LogP contribution is -1.89. The second-order valence-corrected chi connectivity index (χ2v) is 4.02. The van der Waals surface area contributed by atoms with E-state index >= 15 is 0 Å². The summed E-state index contributed by atoms with van der Waals surface area (Å²) < 4.78 is 0.991. The molecule has 1 aromatic heterocycles. The monoisotopic (exact) mass is 191 g/mol. The molecule has 0 spiro atoms. The molecule has 0 amide bonds. The second-order valence-electron chi connectivity index (χ2n) is 3.01. The van der Waals surface area contributed by atoms with Gasteiger partial charge in [0.15, 0.2) is 0 Å². The van der Waals surface area contributed by atoms with Crippen molar-refractivity contribution in [3.8, 4) is 0 Å². The third-order valence-electron chi connectivity index (χ3n) is 1.91. The van der Waals surface area contributed by atoms with Gasteiger partial charge in [-0.25, -0.2) is 0 Å². The van der Waals surface area contributed by atoms with Crippen molar-refractivity contribution < 1.29 is 0 Å². The summed E-state index contributed by atoms with van der Waals surface area (Å²) in [6, 6.07) is 5.87. The maximum absolute atomic E-state index is 11.0. The number of aromatic amines is 1. The van der Waals surface area contributed by atoms with Crippen molar-refractivity contribution in [2.24, 2.45) is 0 Å². The zero-order chi connectivity index (χ0) is 9.42. The number of allylic oxidation sites excluding steroid dienone is 1. The highest BCUT2D eigenvalue weighted by Gasteiger charge is 2.00.